The second-order valence-corrected chi connectivity index (χ2v) is 10.2. The zero-order valence-electron chi connectivity index (χ0n) is 20.0. The molecule has 3 aliphatic heterocycles. The van der Waals surface area contributed by atoms with Crippen LogP contribution in [0.4, 0.5) is 17.6 Å². The lowest BCUT2D eigenvalue weighted by Gasteiger charge is -2.36. The van der Waals surface area contributed by atoms with Crippen LogP contribution in [0.3, 0.4) is 0 Å². The Morgan fingerprint density at radius 2 is 1.68 bits per heavy atom. The number of hydrogen-bond acceptors (Lipinski definition) is 7. The SMILES string of the molecule is C[C@@H]1C[C@H](C)CN(c2cc(N3CCCCC3)nc(NC(=S)NCc3ccc4c(c3)OCO4)n2)C1. The lowest BCUT2D eigenvalue weighted by Crippen LogP contribution is -2.40. The van der Waals surface area contributed by atoms with Crippen molar-refractivity contribution < 1.29 is 9.47 Å². The molecule has 4 heterocycles. The second kappa shape index (κ2) is 10.2. The highest BCUT2D eigenvalue weighted by atomic mass is 32.1. The molecule has 9 heteroatoms. The molecule has 0 saturated carbocycles. The Kier molecular flexibility index (Phi) is 6.89. The lowest BCUT2D eigenvalue weighted by atomic mass is 9.92. The monoisotopic (exact) mass is 482 g/mol. The van der Waals surface area contributed by atoms with E-state index in [0.29, 0.717) is 29.4 Å². The first-order chi connectivity index (χ1) is 16.5. The predicted molar refractivity (Wildman–Crippen MR) is 139 cm³/mol. The number of benzene rings is 1. The molecule has 3 aliphatic rings. The maximum absolute atomic E-state index is 5.59. The Hall–Kier alpha value is -2.81. The molecule has 2 N–H and O–H groups in total. The molecule has 8 nitrogen and oxygen atoms in total. The lowest BCUT2D eigenvalue weighted by molar-refractivity contribution is 0.174. The maximum Gasteiger partial charge on any atom is 0.232 e. The van der Waals surface area contributed by atoms with Gasteiger partial charge in [-0.25, -0.2) is 0 Å². The number of fused-ring (bicyclic) bond motifs is 1. The van der Waals surface area contributed by atoms with Gasteiger partial charge >= 0.3 is 0 Å². The maximum atomic E-state index is 5.59. The number of hydrogen-bond donors (Lipinski definition) is 2. The van der Waals surface area contributed by atoms with Gasteiger partial charge in [-0.3, -0.25) is 0 Å². The molecule has 2 atom stereocenters. The number of ether oxygens (including phenoxy) is 2. The van der Waals surface area contributed by atoms with Crippen LogP contribution in [0.5, 0.6) is 11.5 Å². The van der Waals surface area contributed by atoms with Crippen LogP contribution in [0.1, 0.15) is 45.1 Å². The van der Waals surface area contributed by atoms with E-state index in [9.17, 15) is 0 Å². The van der Waals surface area contributed by atoms with Gasteiger partial charge in [0.15, 0.2) is 16.6 Å². The van der Waals surface area contributed by atoms with Crippen LogP contribution in [0.25, 0.3) is 0 Å². The average Bonchev–Trinajstić information content (AvgIpc) is 3.30. The minimum atomic E-state index is 0.272. The molecule has 34 heavy (non-hydrogen) atoms. The summed E-state index contributed by atoms with van der Waals surface area (Å²) in [5.41, 5.74) is 1.06. The van der Waals surface area contributed by atoms with Crippen LogP contribution in [0.15, 0.2) is 24.3 Å². The molecule has 0 aliphatic carbocycles. The molecule has 0 unspecified atom stereocenters. The first-order valence-electron chi connectivity index (χ1n) is 12.4. The standard InChI is InChI=1S/C25H34N6O2S/c1-17-10-18(2)15-31(14-17)23-12-22(30-8-4-3-5-9-30)27-24(28-23)29-25(34)26-13-19-6-7-20-21(11-19)33-16-32-20/h6-7,11-12,17-18H,3-5,8-10,13-16H2,1-2H3,(H2,26,27,28,29,34)/t17-,18+. The number of piperidine rings is 2. The van der Waals surface area contributed by atoms with Crippen molar-refractivity contribution in [1.29, 1.82) is 0 Å². The summed E-state index contributed by atoms with van der Waals surface area (Å²) >= 11 is 5.59. The van der Waals surface area contributed by atoms with E-state index in [1.54, 1.807) is 0 Å². The minimum absolute atomic E-state index is 0.272. The summed E-state index contributed by atoms with van der Waals surface area (Å²) < 4.78 is 10.9. The van der Waals surface area contributed by atoms with Crippen LogP contribution < -0.4 is 29.9 Å². The largest absolute Gasteiger partial charge is 0.454 e. The van der Waals surface area contributed by atoms with E-state index in [4.69, 9.17) is 31.7 Å². The van der Waals surface area contributed by atoms with Gasteiger partial charge < -0.3 is 29.9 Å². The van der Waals surface area contributed by atoms with Crippen LogP contribution in [-0.4, -0.2) is 48.1 Å². The van der Waals surface area contributed by atoms with Crippen molar-refractivity contribution in [3.05, 3.63) is 29.8 Å². The number of nitrogens with zero attached hydrogens (tertiary/aromatic N) is 4. The fourth-order valence-corrected chi connectivity index (χ4v) is 5.32. The molecule has 2 fully saturated rings. The van der Waals surface area contributed by atoms with E-state index >= 15 is 0 Å². The molecule has 1 aromatic carbocycles. The van der Waals surface area contributed by atoms with Crippen LogP contribution in [0.2, 0.25) is 0 Å². The summed E-state index contributed by atoms with van der Waals surface area (Å²) in [7, 11) is 0. The number of thiocarbonyl (C=S) groups is 1. The summed E-state index contributed by atoms with van der Waals surface area (Å²) in [4.78, 5) is 14.5. The second-order valence-electron chi connectivity index (χ2n) is 9.80. The topological polar surface area (TPSA) is 74.8 Å². The molecule has 2 aromatic rings. The smallest absolute Gasteiger partial charge is 0.232 e. The van der Waals surface area contributed by atoms with Crippen molar-refractivity contribution in [3.8, 4) is 11.5 Å². The van der Waals surface area contributed by atoms with Crippen molar-refractivity contribution in [2.75, 3.05) is 48.1 Å². The van der Waals surface area contributed by atoms with Gasteiger partial charge in [0.1, 0.15) is 11.6 Å². The summed E-state index contributed by atoms with van der Waals surface area (Å²) in [6, 6.07) is 8.06. The van der Waals surface area contributed by atoms with E-state index < -0.39 is 0 Å². The number of anilines is 3. The zero-order valence-corrected chi connectivity index (χ0v) is 20.9. The Morgan fingerprint density at radius 3 is 2.44 bits per heavy atom. The van der Waals surface area contributed by atoms with Crippen LogP contribution in [-0.2, 0) is 6.54 Å². The highest BCUT2D eigenvalue weighted by molar-refractivity contribution is 7.80. The zero-order chi connectivity index (χ0) is 23.5. The Bertz CT molecular complexity index is 1020. The number of nitrogens with one attached hydrogen (secondary N) is 2. The molecule has 0 amide bonds. The molecule has 0 spiro atoms. The van der Waals surface area contributed by atoms with E-state index in [1.807, 2.05) is 18.2 Å². The van der Waals surface area contributed by atoms with Crippen molar-refractivity contribution >= 4 is 34.9 Å². The van der Waals surface area contributed by atoms with Crippen LogP contribution >= 0.6 is 12.2 Å². The normalized spacial score (nSPS) is 21.9. The average molecular weight is 483 g/mol. The Morgan fingerprint density at radius 1 is 0.971 bits per heavy atom. The van der Waals surface area contributed by atoms with Crippen molar-refractivity contribution in [1.82, 2.24) is 15.3 Å². The third-order valence-electron chi connectivity index (χ3n) is 6.69. The third-order valence-corrected chi connectivity index (χ3v) is 6.93. The van der Waals surface area contributed by atoms with Gasteiger partial charge in [0.05, 0.1) is 0 Å². The molecular weight excluding hydrogens is 448 g/mol. The van der Waals surface area contributed by atoms with Gasteiger partial charge in [-0.05, 0) is 67.4 Å². The van der Waals surface area contributed by atoms with Gasteiger partial charge in [-0.2, -0.15) is 9.97 Å². The van der Waals surface area contributed by atoms with Gasteiger partial charge in [-0.15, -0.1) is 0 Å². The predicted octanol–water partition coefficient (Wildman–Crippen LogP) is 4.16. The third kappa shape index (κ3) is 5.46. The van der Waals surface area contributed by atoms with Gasteiger partial charge in [0.2, 0.25) is 12.7 Å². The van der Waals surface area contributed by atoms with Gasteiger partial charge in [-0.1, -0.05) is 19.9 Å². The fourth-order valence-electron chi connectivity index (χ4n) is 5.15. The molecule has 2 saturated heterocycles. The van der Waals surface area contributed by atoms with Crippen molar-refractivity contribution in [2.45, 2.75) is 46.1 Å². The quantitative estimate of drug-likeness (QED) is 0.611. The number of rotatable bonds is 5. The molecule has 182 valence electrons. The molecule has 0 radical (unpaired) electrons. The first-order valence-corrected chi connectivity index (χ1v) is 12.8. The first kappa shape index (κ1) is 23.0. The van der Waals surface area contributed by atoms with E-state index in [1.165, 1.54) is 25.7 Å². The highest BCUT2D eigenvalue weighted by Gasteiger charge is 2.25. The van der Waals surface area contributed by atoms with E-state index in [0.717, 1.165) is 54.9 Å². The Labute approximate surface area is 207 Å². The molecule has 1 aromatic heterocycles. The summed E-state index contributed by atoms with van der Waals surface area (Å²) in [6.07, 6.45) is 4.96. The summed E-state index contributed by atoms with van der Waals surface area (Å²) in [6.45, 7) is 9.61. The summed E-state index contributed by atoms with van der Waals surface area (Å²) in [5.74, 6) is 5.36. The van der Waals surface area contributed by atoms with Crippen molar-refractivity contribution in [2.24, 2.45) is 11.8 Å². The molecular formula is C25H34N6O2S. The molecule has 5 rings (SSSR count). The highest BCUT2D eigenvalue weighted by Crippen LogP contribution is 2.32. The minimum Gasteiger partial charge on any atom is -0.454 e. The van der Waals surface area contributed by atoms with E-state index in [-0.39, 0.29) is 6.79 Å². The van der Waals surface area contributed by atoms with Crippen molar-refractivity contribution in [3.63, 3.8) is 0 Å². The number of aromatic nitrogens is 2. The summed E-state index contributed by atoms with van der Waals surface area (Å²) in [5, 5.41) is 7.00. The molecule has 0 bridgehead atoms. The van der Waals surface area contributed by atoms with E-state index in [2.05, 4.69) is 40.3 Å². The fraction of sp³-hybridized carbons (Fsp3) is 0.560. The van der Waals surface area contributed by atoms with Gasteiger partial charge in [0.25, 0.3) is 0 Å². The Balaban J connectivity index is 1.30. The van der Waals surface area contributed by atoms with Gasteiger partial charge in [0, 0.05) is 38.8 Å². The van der Waals surface area contributed by atoms with Crippen LogP contribution in [0, 0.1) is 11.8 Å².